The summed E-state index contributed by atoms with van der Waals surface area (Å²) in [5.74, 6) is 0.144. The average Bonchev–Trinajstić information content (AvgIpc) is 2.83. The van der Waals surface area contributed by atoms with Crippen LogP contribution in [0.5, 0.6) is 5.75 Å². The number of fused-ring (bicyclic) bond motifs is 1. The molecule has 0 spiro atoms. The van der Waals surface area contributed by atoms with Gasteiger partial charge >= 0.3 is 0 Å². The van der Waals surface area contributed by atoms with E-state index in [4.69, 9.17) is 9.72 Å². The molecule has 0 fully saturated rings. The molecule has 0 aliphatic heterocycles. The third-order valence-electron chi connectivity index (χ3n) is 4.86. The topological polar surface area (TPSA) is 107 Å². The summed E-state index contributed by atoms with van der Waals surface area (Å²) in [7, 11) is 1.55. The van der Waals surface area contributed by atoms with Crippen molar-refractivity contribution < 1.29 is 14.5 Å². The number of nitro benzene ring substituents is 1. The van der Waals surface area contributed by atoms with E-state index in [9.17, 15) is 14.9 Å². The number of rotatable bonds is 6. The Kier molecular flexibility index (Phi) is 6.41. The molecule has 0 unspecified atom stereocenters. The first-order valence-corrected chi connectivity index (χ1v) is 10.6. The second-order valence-corrected chi connectivity index (χ2v) is 7.91. The van der Waals surface area contributed by atoms with Crippen molar-refractivity contribution in [3.05, 3.63) is 98.5 Å². The summed E-state index contributed by atoms with van der Waals surface area (Å²) in [5, 5.41) is 15.5. The molecule has 0 aliphatic carbocycles. The maximum atomic E-state index is 13.1. The van der Waals surface area contributed by atoms with Crippen LogP contribution in [0.4, 0.5) is 5.69 Å². The van der Waals surface area contributed by atoms with Crippen LogP contribution in [-0.4, -0.2) is 29.1 Å². The average molecular weight is 505 g/mol. The summed E-state index contributed by atoms with van der Waals surface area (Å²) in [6.07, 6.45) is 1.35. The number of aromatic nitrogens is 1. The van der Waals surface area contributed by atoms with E-state index in [2.05, 4.69) is 26.5 Å². The predicted molar refractivity (Wildman–Crippen MR) is 130 cm³/mol. The highest BCUT2D eigenvalue weighted by molar-refractivity contribution is 9.10. The molecule has 3 aromatic carbocycles. The van der Waals surface area contributed by atoms with E-state index in [1.807, 2.05) is 24.3 Å². The van der Waals surface area contributed by atoms with Crippen LogP contribution in [0.25, 0.3) is 22.2 Å². The van der Waals surface area contributed by atoms with E-state index >= 15 is 0 Å². The second-order valence-electron chi connectivity index (χ2n) is 7.00. The predicted octanol–water partition coefficient (Wildman–Crippen LogP) is 5.35. The van der Waals surface area contributed by atoms with Crippen LogP contribution in [0, 0.1) is 10.1 Å². The Labute approximate surface area is 197 Å². The van der Waals surface area contributed by atoms with Gasteiger partial charge in [-0.05, 0) is 36.4 Å². The first-order valence-electron chi connectivity index (χ1n) is 9.77. The zero-order chi connectivity index (χ0) is 23.4. The Balaban J connectivity index is 1.69. The SMILES string of the molecule is COc1ccc2nc(-c3ccc(Br)cc3)cc(C(=O)NN=Cc3cccc([N+](=O)[O-])c3)c2c1. The molecule has 164 valence electrons. The summed E-state index contributed by atoms with van der Waals surface area (Å²) in [4.78, 5) is 28.2. The lowest BCUT2D eigenvalue weighted by atomic mass is 10.0. The first kappa shape index (κ1) is 22.1. The number of amides is 1. The number of benzene rings is 3. The van der Waals surface area contributed by atoms with Crippen LogP contribution in [0.15, 0.2) is 82.4 Å². The van der Waals surface area contributed by atoms with Crippen molar-refractivity contribution in [2.45, 2.75) is 0 Å². The number of halogens is 1. The molecule has 0 atom stereocenters. The summed E-state index contributed by atoms with van der Waals surface area (Å²) < 4.78 is 6.24. The van der Waals surface area contributed by atoms with Gasteiger partial charge in [0.2, 0.25) is 0 Å². The van der Waals surface area contributed by atoms with Gasteiger partial charge in [-0.3, -0.25) is 14.9 Å². The van der Waals surface area contributed by atoms with Gasteiger partial charge in [0.1, 0.15) is 5.75 Å². The van der Waals surface area contributed by atoms with Gasteiger partial charge in [-0.2, -0.15) is 5.10 Å². The minimum Gasteiger partial charge on any atom is -0.497 e. The van der Waals surface area contributed by atoms with Gasteiger partial charge in [0, 0.05) is 33.1 Å². The van der Waals surface area contributed by atoms with E-state index in [-0.39, 0.29) is 5.69 Å². The second kappa shape index (κ2) is 9.58. The zero-order valence-corrected chi connectivity index (χ0v) is 18.9. The highest BCUT2D eigenvalue weighted by Crippen LogP contribution is 2.28. The third-order valence-corrected chi connectivity index (χ3v) is 5.39. The largest absolute Gasteiger partial charge is 0.497 e. The van der Waals surface area contributed by atoms with Crippen LogP contribution < -0.4 is 10.2 Å². The van der Waals surface area contributed by atoms with E-state index in [1.54, 1.807) is 43.5 Å². The molecule has 1 heterocycles. The fourth-order valence-electron chi connectivity index (χ4n) is 3.23. The van der Waals surface area contributed by atoms with Crippen LogP contribution >= 0.6 is 15.9 Å². The fourth-order valence-corrected chi connectivity index (χ4v) is 3.50. The maximum absolute atomic E-state index is 13.1. The minimum atomic E-state index is -0.490. The number of carbonyl (C=O) groups is 1. The number of hydrogen-bond acceptors (Lipinski definition) is 6. The number of nitrogens with one attached hydrogen (secondary N) is 1. The summed E-state index contributed by atoms with van der Waals surface area (Å²) in [6.45, 7) is 0. The van der Waals surface area contributed by atoms with Crippen LogP contribution in [0.2, 0.25) is 0 Å². The van der Waals surface area contributed by atoms with E-state index < -0.39 is 10.8 Å². The Bertz CT molecular complexity index is 1390. The van der Waals surface area contributed by atoms with Crippen LogP contribution in [-0.2, 0) is 0 Å². The van der Waals surface area contributed by atoms with Gasteiger partial charge in [0.05, 0.1) is 35.0 Å². The van der Waals surface area contributed by atoms with Crippen molar-refractivity contribution in [2.24, 2.45) is 5.10 Å². The zero-order valence-electron chi connectivity index (χ0n) is 17.4. The third kappa shape index (κ3) is 5.04. The van der Waals surface area contributed by atoms with Gasteiger partial charge < -0.3 is 4.74 Å². The lowest BCUT2D eigenvalue weighted by Gasteiger charge is -2.10. The number of nitro groups is 1. The van der Waals surface area contributed by atoms with E-state index in [0.29, 0.717) is 33.5 Å². The van der Waals surface area contributed by atoms with Crippen molar-refractivity contribution in [3.8, 4) is 17.0 Å². The molecule has 1 N–H and O–H groups in total. The Morgan fingerprint density at radius 3 is 2.64 bits per heavy atom. The quantitative estimate of drug-likeness (QED) is 0.216. The molecule has 0 saturated heterocycles. The highest BCUT2D eigenvalue weighted by atomic mass is 79.9. The lowest BCUT2D eigenvalue weighted by molar-refractivity contribution is -0.384. The summed E-state index contributed by atoms with van der Waals surface area (Å²) in [6, 6.07) is 20.6. The molecule has 8 nitrogen and oxygen atoms in total. The van der Waals surface area contributed by atoms with Crippen LogP contribution in [0.3, 0.4) is 0 Å². The van der Waals surface area contributed by atoms with Crippen molar-refractivity contribution in [1.82, 2.24) is 10.4 Å². The van der Waals surface area contributed by atoms with Gasteiger partial charge in [-0.25, -0.2) is 10.4 Å². The number of pyridine rings is 1. The molecule has 9 heteroatoms. The number of methoxy groups -OCH3 is 1. The maximum Gasteiger partial charge on any atom is 0.272 e. The monoisotopic (exact) mass is 504 g/mol. The van der Waals surface area contributed by atoms with Gasteiger partial charge in [-0.1, -0.05) is 40.2 Å². The molecule has 4 rings (SSSR count). The number of hydrogen-bond donors (Lipinski definition) is 1. The molecule has 4 aromatic rings. The first-order chi connectivity index (χ1) is 15.9. The number of ether oxygens (including phenoxy) is 1. The fraction of sp³-hybridized carbons (Fsp3) is 0.0417. The van der Waals surface area contributed by atoms with E-state index in [1.165, 1.54) is 18.3 Å². The molecule has 0 bridgehead atoms. The minimum absolute atomic E-state index is 0.0587. The van der Waals surface area contributed by atoms with Gasteiger partial charge in [-0.15, -0.1) is 0 Å². The molecule has 0 saturated carbocycles. The molecule has 1 amide bonds. The number of nitrogens with zero attached hydrogens (tertiary/aromatic N) is 3. The highest BCUT2D eigenvalue weighted by Gasteiger charge is 2.15. The van der Waals surface area contributed by atoms with Crippen molar-refractivity contribution in [3.63, 3.8) is 0 Å². The van der Waals surface area contributed by atoms with Gasteiger partial charge in [0.25, 0.3) is 11.6 Å². The summed E-state index contributed by atoms with van der Waals surface area (Å²) in [5.41, 5.74) is 5.41. The Hall–Kier alpha value is -4.11. The molecule has 1 aromatic heterocycles. The van der Waals surface area contributed by atoms with Crippen molar-refractivity contribution >= 4 is 44.6 Å². The van der Waals surface area contributed by atoms with Crippen LogP contribution in [0.1, 0.15) is 15.9 Å². The normalized spacial score (nSPS) is 11.0. The Morgan fingerprint density at radius 1 is 1.12 bits per heavy atom. The summed E-state index contributed by atoms with van der Waals surface area (Å²) >= 11 is 3.42. The molecular formula is C24H17BrN4O4. The molecule has 0 aliphatic rings. The molecule has 33 heavy (non-hydrogen) atoms. The number of non-ortho nitro benzene ring substituents is 1. The number of hydrazone groups is 1. The van der Waals surface area contributed by atoms with Crippen molar-refractivity contribution in [2.75, 3.05) is 7.11 Å². The van der Waals surface area contributed by atoms with E-state index in [0.717, 1.165) is 10.0 Å². The van der Waals surface area contributed by atoms with Gasteiger partial charge in [0.15, 0.2) is 0 Å². The van der Waals surface area contributed by atoms with Crippen molar-refractivity contribution in [1.29, 1.82) is 0 Å². The smallest absolute Gasteiger partial charge is 0.272 e. The molecular weight excluding hydrogens is 488 g/mol. The number of carbonyl (C=O) groups excluding carboxylic acids is 1. The Morgan fingerprint density at radius 2 is 1.91 bits per heavy atom. The molecule has 0 radical (unpaired) electrons. The lowest BCUT2D eigenvalue weighted by Crippen LogP contribution is -2.18. The standard InChI is InChI=1S/C24H17BrN4O4/c1-33-19-9-10-22-20(12-19)21(13-23(27-22)16-5-7-17(25)8-6-16)24(30)28-26-14-15-3-2-4-18(11-15)29(31)32/h2-14H,1H3,(H,28,30).